The molecule has 4 rings (SSSR count). The Morgan fingerprint density at radius 2 is 1.80 bits per heavy atom. The second-order valence-corrected chi connectivity index (χ2v) is 8.22. The molecule has 186 valence electrons. The highest BCUT2D eigenvalue weighted by Gasteiger charge is 2.39. The first-order valence-corrected chi connectivity index (χ1v) is 10.5. The fraction of sp³-hybridized carbons (Fsp3) is 0.318. The normalized spacial score (nSPS) is 16.5. The number of piperazine rings is 1. The van der Waals surface area contributed by atoms with Gasteiger partial charge in [0.1, 0.15) is 18.0 Å². The van der Waals surface area contributed by atoms with Crippen LogP contribution in [-0.4, -0.2) is 62.7 Å². The van der Waals surface area contributed by atoms with Crippen molar-refractivity contribution in [3.05, 3.63) is 59.9 Å². The Kier molecular flexibility index (Phi) is 6.50. The number of nitrogens with one attached hydrogen (secondary N) is 1. The van der Waals surface area contributed by atoms with Crippen LogP contribution in [0, 0.1) is 18.6 Å². The van der Waals surface area contributed by atoms with E-state index in [4.69, 9.17) is 0 Å². The minimum Gasteiger partial charge on any atom is -0.465 e. The number of carboxylic acid groups (broad SMARTS) is 1. The second kappa shape index (κ2) is 9.39. The summed E-state index contributed by atoms with van der Waals surface area (Å²) in [5.74, 6) is -1.39. The van der Waals surface area contributed by atoms with Crippen molar-refractivity contribution in [3.63, 3.8) is 0 Å². The lowest BCUT2D eigenvalue weighted by molar-refractivity contribution is -0.145. The van der Waals surface area contributed by atoms with Crippen molar-refractivity contribution < 1.29 is 31.9 Å². The number of hydrogen-bond donors (Lipinski definition) is 2. The van der Waals surface area contributed by atoms with E-state index in [1.54, 1.807) is 30.0 Å². The molecule has 13 heteroatoms. The van der Waals surface area contributed by atoms with Gasteiger partial charge >= 0.3 is 12.3 Å². The zero-order valence-electron chi connectivity index (χ0n) is 18.4. The number of nitrogens with zero attached hydrogens (tertiary/aromatic N) is 5. The van der Waals surface area contributed by atoms with E-state index in [0.717, 1.165) is 28.7 Å². The third kappa shape index (κ3) is 5.97. The molecule has 1 aromatic heterocycles. The number of amides is 1. The molecule has 0 spiro atoms. The highest BCUT2D eigenvalue weighted by atomic mass is 19.4. The molecule has 2 N–H and O–H groups in total. The highest BCUT2D eigenvalue weighted by Crippen LogP contribution is 2.30. The standard InChI is InChI=1S/C22H21F5N6O2/c1-13-4-16(29-20-28-12-33(30-20)18-7-14(23)6-15(24)8-18)9-17(5-13)31-2-3-32(21(34)35)19(11-31)10-22(25,26)27/h4-9,12,19H,2-3,10-11H2,1H3,(H,29,30)(H,34,35). The van der Waals surface area contributed by atoms with E-state index in [1.807, 2.05) is 0 Å². The molecule has 2 aromatic carbocycles. The summed E-state index contributed by atoms with van der Waals surface area (Å²) in [5, 5.41) is 16.4. The van der Waals surface area contributed by atoms with Crippen LogP contribution in [0.15, 0.2) is 42.7 Å². The molecular weight excluding hydrogens is 475 g/mol. The fourth-order valence-electron chi connectivity index (χ4n) is 4.05. The van der Waals surface area contributed by atoms with Crippen molar-refractivity contribution in [1.29, 1.82) is 0 Å². The van der Waals surface area contributed by atoms with Gasteiger partial charge in [-0.1, -0.05) is 0 Å². The average Bonchev–Trinajstić information content (AvgIpc) is 3.19. The molecule has 1 aliphatic rings. The number of aromatic nitrogens is 3. The summed E-state index contributed by atoms with van der Waals surface area (Å²) in [6, 6.07) is 6.95. The number of carbonyl (C=O) groups is 1. The summed E-state index contributed by atoms with van der Waals surface area (Å²) in [5.41, 5.74) is 2.08. The predicted molar refractivity (Wildman–Crippen MR) is 117 cm³/mol. The smallest absolute Gasteiger partial charge is 0.407 e. The fourth-order valence-corrected chi connectivity index (χ4v) is 4.05. The number of hydrogen-bond acceptors (Lipinski definition) is 5. The van der Waals surface area contributed by atoms with Gasteiger partial charge in [-0.15, -0.1) is 5.10 Å². The average molecular weight is 496 g/mol. The van der Waals surface area contributed by atoms with Crippen molar-refractivity contribution in [3.8, 4) is 5.69 Å². The second-order valence-electron chi connectivity index (χ2n) is 8.22. The topological polar surface area (TPSA) is 86.5 Å². The lowest BCUT2D eigenvalue weighted by Crippen LogP contribution is -2.56. The Morgan fingerprint density at radius 3 is 2.46 bits per heavy atom. The number of aryl methyl sites for hydroxylation is 1. The summed E-state index contributed by atoms with van der Waals surface area (Å²) in [4.78, 5) is 18.0. The molecule has 1 amide bonds. The SMILES string of the molecule is Cc1cc(Nc2ncn(-c3cc(F)cc(F)c3)n2)cc(N2CCN(C(=O)O)C(CC(F)(F)F)C2)c1. The van der Waals surface area contributed by atoms with E-state index in [1.165, 1.54) is 11.0 Å². The van der Waals surface area contributed by atoms with Crippen LogP contribution in [0.1, 0.15) is 12.0 Å². The zero-order valence-corrected chi connectivity index (χ0v) is 18.4. The van der Waals surface area contributed by atoms with Crippen molar-refractivity contribution in [1.82, 2.24) is 19.7 Å². The Hall–Kier alpha value is -3.90. The van der Waals surface area contributed by atoms with E-state index in [2.05, 4.69) is 15.4 Å². The van der Waals surface area contributed by atoms with Gasteiger partial charge in [0.2, 0.25) is 5.95 Å². The largest absolute Gasteiger partial charge is 0.465 e. The van der Waals surface area contributed by atoms with E-state index in [-0.39, 0.29) is 31.3 Å². The van der Waals surface area contributed by atoms with E-state index in [0.29, 0.717) is 11.4 Å². The van der Waals surface area contributed by atoms with Gasteiger partial charge < -0.3 is 20.2 Å². The third-order valence-corrected chi connectivity index (χ3v) is 5.48. The maximum Gasteiger partial charge on any atom is 0.407 e. The summed E-state index contributed by atoms with van der Waals surface area (Å²) < 4.78 is 67.3. The van der Waals surface area contributed by atoms with Gasteiger partial charge in [-0.3, -0.25) is 0 Å². The molecule has 1 saturated heterocycles. The van der Waals surface area contributed by atoms with Crippen molar-refractivity contribution in [2.24, 2.45) is 0 Å². The van der Waals surface area contributed by atoms with Crippen LogP contribution in [0.3, 0.4) is 0 Å². The quantitative estimate of drug-likeness (QED) is 0.498. The molecule has 8 nitrogen and oxygen atoms in total. The Labute approximate surface area is 196 Å². The van der Waals surface area contributed by atoms with E-state index < -0.39 is 36.4 Å². The van der Waals surface area contributed by atoms with Crippen molar-refractivity contribution >= 4 is 23.4 Å². The van der Waals surface area contributed by atoms with Crippen LogP contribution in [-0.2, 0) is 0 Å². The molecule has 1 fully saturated rings. The highest BCUT2D eigenvalue weighted by molar-refractivity contribution is 5.67. The summed E-state index contributed by atoms with van der Waals surface area (Å²) >= 11 is 0. The first kappa shape index (κ1) is 24.2. The van der Waals surface area contributed by atoms with Crippen molar-refractivity contribution in [2.45, 2.75) is 25.6 Å². The van der Waals surface area contributed by atoms with Crippen molar-refractivity contribution in [2.75, 3.05) is 29.9 Å². The first-order chi connectivity index (χ1) is 16.5. The van der Waals surface area contributed by atoms with Crippen LogP contribution in [0.25, 0.3) is 5.69 Å². The molecular formula is C22H21F5N6O2. The molecule has 0 bridgehead atoms. The summed E-state index contributed by atoms with van der Waals surface area (Å²) in [6.45, 7) is 1.84. The van der Waals surface area contributed by atoms with Crippen LogP contribution in [0.4, 0.5) is 44.1 Å². The molecule has 0 saturated carbocycles. The number of benzene rings is 2. The van der Waals surface area contributed by atoms with Crippen LogP contribution in [0.5, 0.6) is 0 Å². The number of anilines is 3. The van der Waals surface area contributed by atoms with Gasteiger partial charge in [0.25, 0.3) is 0 Å². The molecule has 2 heterocycles. The van der Waals surface area contributed by atoms with Gasteiger partial charge in [-0.05, 0) is 42.8 Å². The maximum atomic E-state index is 13.5. The zero-order chi connectivity index (χ0) is 25.3. The number of rotatable bonds is 5. The number of alkyl halides is 3. The first-order valence-electron chi connectivity index (χ1n) is 10.5. The van der Waals surface area contributed by atoms with Crippen LogP contribution in [0.2, 0.25) is 0 Å². The Bertz CT molecular complexity index is 1210. The molecule has 0 aliphatic carbocycles. The third-order valence-electron chi connectivity index (χ3n) is 5.48. The number of halogens is 5. The lowest BCUT2D eigenvalue weighted by Gasteiger charge is -2.41. The molecule has 1 aliphatic heterocycles. The molecule has 35 heavy (non-hydrogen) atoms. The van der Waals surface area contributed by atoms with Gasteiger partial charge in [0.05, 0.1) is 18.2 Å². The predicted octanol–water partition coefficient (Wildman–Crippen LogP) is 4.72. The van der Waals surface area contributed by atoms with E-state index in [9.17, 15) is 31.9 Å². The Morgan fingerprint density at radius 1 is 1.09 bits per heavy atom. The van der Waals surface area contributed by atoms with E-state index >= 15 is 0 Å². The molecule has 3 aromatic rings. The van der Waals surface area contributed by atoms with Gasteiger partial charge in [-0.2, -0.15) is 18.2 Å². The van der Waals surface area contributed by atoms with Gasteiger partial charge in [0.15, 0.2) is 0 Å². The monoisotopic (exact) mass is 496 g/mol. The Balaban J connectivity index is 1.53. The summed E-state index contributed by atoms with van der Waals surface area (Å²) in [7, 11) is 0. The lowest BCUT2D eigenvalue weighted by atomic mass is 10.1. The van der Waals surface area contributed by atoms with Gasteiger partial charge in [0, 0.05) is 37.1 Å². The molecule has 1 atom stereocenters. The molecule has 1 unspecified atom stereocenters. The van der Waals surface area contributed by atoms with Crippen LogP contribution >= 0.6 is 0 Å². The van der Waals surface area contributed by atoms with Crippen LogP contribution < -0.4 is 10.2 Å². The van der Waals surface area contributed by atoms with Gasteiger partial charge in [-0.25, -0.2) is 18.3 Å². The summed E-state index contributed by atoms with van der Waals surface area (Å²) in [6.07, 6.45) is -5.85. The minimum absolute atomic E-state index is 0.0665. The molecule has 0 radical (unpaired) electrons. The minimum atomic E-state index is -4.50. The maximum absolute atomic E-state index is 13.5.